The Morgan fingerprint density at radius 1 is 0.957 bits per heavy atom. The predicted octanol–water partition coefficient (Wildman–Crippen LogP) is 4.77. The lowest BCUT2D eigenvalue weighted by Crippen LogP contribution is -2.21. The third-order valence-electron chi connectivity index (χ3n) is 3.20. The summed E-state index contributed by atoms with van der Waals surface area (Å²) in [6.45, 7) is 5.43. The van der Waals surface area contributed by atoms with Crippen molar-refractivity contribution in [3.05, 3.63) is 71.3 Å². The number of rotatable bonds is 5. The zero-order chi connectivity index (χ0) is 16.7. The van der Waals surface area contributed by atoms with Gasteiger partial charge in [0.25, 0.3) is 0 Å². The van der Waals surface area contributed by atoms with E-state index in [0.29, 0.717) is 6.54 Å². The van der Waals surface area contributed by atoms with Crippen LogP contribution in [0.4, 0.5) is 8.78 Å². The van der Waals surface area contributed by atoms with Crippen LogP contribution in [0.25, 0.3) is 0 Å². The summed E-state index contributed by atoms with van der Waals surface area (Å²) in [4.78, 5) is 4.46. The molecule has 1 N–H and O–H groups in total. The standard InChI is InChI=1S/C18H20F2N2S/c1-3-21-18(22-4-2)23-17(13-5-9-15(19)10-6-13)14-7-11-16(20)12-8-14/h5-12,17H,3-4H2,1-2H3,(H,21,22). The number of thioether (sulfide) groups is 1. The van der Waals surface area contributed by atoms with Gasteiger partial charge in [-0.2, -0.15) is 0 Å². The predicted molar refractivity (Wildman–Crippen MR) is 93.9 cm³/mol. The number of nitrogens with one attached hydrogen (secondary N) is 1. The van der Waals surface area contributed by atoms with Gasteiger partial charge in [0.2, 0.25) is 0 Å². The first-order valence-corrected chi connectivity index (χ1v) is 8.48. The summed E-state index contributed by atoms with van der Waals surface area (Å²) in [7, 11) is 0. The van der Waals surface area contributed by atoms with E-state index in [-0.39, 0.29) is 16.9 Å². The Kier molecular flexibility index (Phi) is 6.59. The van der Waals surface area contributed by atoms with Crippen LogP contribution in [0.1, 0.15) is 30.2 Å². The molecule has 0 fully saturated rings. The lowest BCUT2D eigenvalue weighted by Gasteiger charge is -2.19. The summed E-state index contributed by atoms with van der Waals surface area (Å²) in [5.41, 5.74) is 1.90. The lowest BCUT2D eigenvalue weighted by molar-refractivity contribution is 0.626. The third-order valence-corrected chi connectivity index (χ3v) is 4.48. The molecule has 0 saturated carbocycles. The van der Waals surface area contributed by atoms with E-state index in [1.807, 2.05) is 13.8 Å². The monoisotopic (exact) mass is 334 g/mol. The van der Waals surface area contributed by atoms with Crippen LogP contribution in [0.5, 0.6) is 0 Å². The van der Waals surface area contributed by atoms with Crippen molar-refractivity contribution in [2.45, 2.75) is 19.1 Å². The van der Waals surface area contributed by atoms with Gasteiger partial charge in [-0.15, -0.1) is 0 Å². The van der Waals surface area contributed by atoms with Crippen LogP contribution in [0.3, 0.4) is 0 Å². The van der Waals surface area contributed by atoms with E-state index < -0.39 is 0 Å². The number of amidine groups is 1. The van der Waals surface area contributed by atoms with Gasteiger partial charge in [0.15, 0.2) is 5.17 Å². The summed E-state index contributed by atoms with van der Waals surface area (Å²) in [5.74, 6) is -0.545. The molecule has 0 aliphatic carbocycles. The SMILES string of the molecule is CCN=C(NCC)SC(c1ccc(F)cc1)c1ccc(F)cc1. The van der Waals surface area contributed by atoms with Crippen LogP contribution < -0.4 is 5.32 Å². The highest BCUT2D eigenvalue weighted by Gasteiger charge is 2.18. The molecule has 0 aromatic heterocycles. The topological polar surface area (TPSA) is 24.4 Å². The van der Waals surface area contributed by atoms with E-state index in [9.17, 15) is 8.78 Å². The number of hydrogen-bond acceptors (Lipinski definition) is 2. The van der Waals surface area contributed by atoms with Crippen molar-refractivity contribution in [3.63, 3.8) is 0 Å². The zero-order valence-electron chi connectivity index (χ0n) is 13.2. The maximum Gasteiger partial charge on any atom is 0.157 e. The molecule has 2 rings (SSSR count). The molecule has 0 bridgehead atoms. The largest absolute Gasteiger partial charge is 0.365 e. The number of hydrogen-bond donors (Lipinski definition) is 1. The first-order chi connectivity index (χ1) is 11.1. The minimum atomic E-state index is -0.272. The molecule has 2 aromatic carbocycles. The van der Waals surface area contributed by atoms with Crippen molar-refractivity contribution in [2.24, 2.45) is 4.99 Å². The molecule has 2 nitrogen and oxygen atoms in total. The van der Waals surface area contributed by atoms with Gasteiger partial charge in [-0.3, -0.25) is 4.99 Å². The van der Waals surface area contributed by atoms with Crippen LogP contribution in [-0.4, -0.2) is 18.3 Å². The maximum atomic E-state index is 13.2. The molecule has 0 spiro atoms. The average Bonchev–Trinajstić information content (AvgIpc) is 2.55. The molecule has 5 heteroatoms. The maximum absolute atomic E-state index is 13.2. The average molecular weight is 334 g/mol. The molecule has 0 heterocycles. The van der Waals surface area contributed by atoms with Crippen molar-refractivity contribution < 1.29 is 8.78 Å². The van der Waals surface area contributed by atoms with Gasteiger partial charge in [0.05, 0.1) is 5.25 Å². The number of halogens is 2. The smallest absolute Gasteiger partial charge is 0.157 e. The van der Waals surface area contributed by atoms with Crippen LogP contribution in [0.2, 0.25) is 0 Å². The molecule has 0 atom stereocenters. The highest BCUT2D eigenvalue weighted by atomic mass is 32.2. The summed E-state index contributed by atoms with van der Waals surface area (Å²) in [5, 5.41) is 3.99. The van der Waals surface area contributed by atoms with Gasteiger partial charge in [0, 0.05) is 13.1 Å². The second kappa shape index (κ2) is 8.67. The molecule has 23 heavy (non-hydrogen) atoms. The molecular weight excluding hydrogens is 314 g/mol. The molecule has 0 saturated heterocycles. The number of benzene rings is 2. The van der Waals surface area contributed by atoms with Crippen molar-refractivity contribution in [3.8, 4) is 0 Å². The Balaban J connectivity index is 2.36. The molecule has 122 valence electrons. The summed E-state index contributed by atoms with van der Waals surface area (Å²) < 4.78 is 26.4. The van der Waals surface area contributed by atoms with Gasteiger partial charge < -0.3 is 5.32 Å². The molecule has 2 aromatic rings. The Morgan fingerprint density at radius 2 is 1.43 bits per heavy atom. The van der Waals surface area contributed by atoms with Crippen LogP contribution >= 0.6 is 11.8 Å². The van der Waals surface area contributed by atoms with Gasteiger partial charge in [0.1, 0.15) is 11.6 Å². The summed E-state index contributed by atoms with van der Waals surface area (Å²) in [6.07, 6.45) is 0. The van der Waals surface area contributed by atoms with Gasteiger partial charge >= 0.3 is 0 Å². The summed E-state index contributed by atoms with van der Waals surface area (Å²) >= 11 is 1.55. The molecular formula is C18H20F2N2S. The van der Waals surface area contributed by atoms with Crippen molar-refractivity contribution in [2.75, 3.05) is 13.1 Å². The number of nitrogens with zero attached hydrogens (tertiary/aromatic N) is 1. The van der Waals surface area contributed by atoms with Crippen molar-refractivity contribution >= 4 is 16.9 Å². The second-order valence-corrected chi connectivity index (χ2v) is 6.00. The molecule has 0 amide bonds. The second-order valence-electron chi connectivity index (χ2n) is 4.91. The number of aliphatic imine (C=N–C) groups is 1. The normalized spacial score (nSPS) is 11.8. The van der Waals surface area contributed by atoms with E-state index in [0.717, 1.165) is 22.8 Å². The van der Waals surface area contributed by atoms with E-state index >= 15 is 0 Å². The van der Waals surface area contributed by atoms with E-state index in [1.165, 1.54) is 24.3 Å². The Labute approximate surface area is 140 Å². The Hall–Kier alpha value is -1.88. The fraction of sp³-hybridized carbons (Fsp3) is 0.278. The van der Waals surface area contributed by atoms with E-state index in [2.05, 4.69) is 10.3 Å². The molecule has 0 aliphatic heterocycles. The summed E-state index contributed by atoms with van der Waals surface area (Å²) in [6, 6.07) is 12.8. The quantitative estimate of drug-likeness (QED) is 0.629. The Bertz CT molecular complexity index is 594. The molecule has 0 radical (unpaired) electrons. The van der Waals surface area contributed by atoms with Gasteiger partial charge in [-0.25, -0.2) is 8.78 Å². The molecule has 0 aliphatic rings. The van der Waals surface area contributed by atoms with Crippen LogP contribution in [0, 0.1) is 11.6 Å². The fourth-order valence-corrected chi connectivity index (χ4v) is 3.39. The van der Waals surface area contributed by atoms with Crippen LogP contribution in [0.15, 0.2) is 53.5 Å². The highest BCUT2D eigenvalue weighted by molar-refractivity contribution is 8.14. The van der Waals surface area contributed by atoms with E-state index in [4.69, 9.17) is 0 Å². The first-order valence-electron chi connectivity index (χ1n) is 7.60. The Morgan fingerprint density at radius 3 is 1.83 bits per heavy atom. The van der Waals surface area contributed by atoms with Gasteiger partial charge in [-0.05, 0) is 49.2 Å². The van der Waals surface area contributed by atoms with Crippen molar-refractivity contribution in [1.29, 1.82) is 0 Å². The lowest BCUT2D eigenvalue weighted by atomic mass is 10.0. The van der Waals surface area contributed by atoms with Crippen LogP contribution in [-0.2, 0) is 0 Å². The van der Waals surface area contributed by atoms with Gasteiger partial charge in [-0.1, -0.05) is 36.0 Å². The molecule has 0 unspecified atom stereocenters. The zero-order valence-corrected chi connectivity index (χ0v) is 14.0. The first kappa shape index (κ1) is 17.5. The minimum absolute atomic E-state index is 0.0828. The van der Waals surface area contributed by atoms with Crippen molar-refractivity contribution in [1.82, 2.24) is 5.32 Å². The fourth-order valence-electron chi connectivity index (χ4n) is 2.14. The third kappa shape index (κ3) is 5.06. The highest BCUT2D eigenvalue weighted by Crippen LogP contribution is 2.36. The minimum Gasteiger partial charge on any atom is -0.365 e. The van der Waals surface area contributed by atoms with E-state index in [1.54, 1.807) is 36.0 Å².